The van der Waals surface area contributed by atoms with Gasteiger partial charge in [0.15, 0.2) is 0 Å². The molecule has 0 aromatic heterocycles. The highest BCUT2D eigenvalue weighted by molar-refractivity contribution is 8.26. The van der Waals surface area contributed by atoms with Gasteiger partial charge in [-0.25, -0.2) is 0 Å². The van der Waals surface area contributed by atoms with Crippen molar-refractivity contribution in [1.82, 2.24) is 4.90 Å². The van der Waals surface area contributed by atoms with Gasteiger partial charge in [-0.3, -0.25) is 19.8 Å². The first kappa shape index (κ1) is 15.9. The van der Waals surface area contributed by atoms with Crippen LogP contribution >= 0.6 is 24.0 Å². The average Bonchev–Trinajstić information content (AvgIpc) is 2.68. The zero-order chi connectivity index (χ0) is 16.4. The molecule has 1 fully saturated rings. The van der Waals surface area contributed by atoms with Crippen molar-refractivity contribution >= 4 is 51.9 Å². The van der Waals surface area contributed by atoms with Crippen LogP contribution in [0.15, 0.2) is 23.1 Å². The molecule has 0 atom stereocenters. The van der Waals surface area contributed by atoms with Crippen molar-refractivity contribution in [2.45, 2.75) is 0 Å². The molecule has 1 amide bonds. The molecule has 22 heavy (non-hydrogen) atoms. The van der Waals surface area contributed by atoms with Crippen molar-refractivity contribution in [2.24, 2.45) is 0 Å². The molecular weight excluding hydrogens is 332 g/mol. The van der Waals surface area contributed by atoms with E-state index in [-0.39, 0.29) is 14.8 Å². The Morgan fingerprint density at radius 1 is 1.45 bits per heavy atom. The number of thiocarbonyl (C=S) groups is 1. The van der Waals surface area contributed by atoms with Crippen LogP contribution in [0.1, 0.15) is 5.56 Å². The third-order valence-corrected chi connectivity index (χ3v) is 4.05. The SMILES string of the molecule is O=C([O-])CN1C(=O)/C(=C/c2cccc([N+](=O)[O-])c2[O-])SC1=S. The van der Waals surface area contributed by atoms with Crippen molar-refractivity contribution in [1.29, 1.82) is 0 Å². The van der Waals surface area contributed by atoms with E-state index in [0.29, 0.717) is 0 Å². The van der Waals surface area contributed by atoms with Crippen LogP contribution in [-0.2, 0) is 9.59 Å². The molecule has 0 spiro atoms. The van der Waals surface area contributed by atoms with Gasteiger partial charge in [-0.1, -0.05) is 36.1 Å². The van der Waals surface area contributed by atoms with Gasteiger partial charge in [0.25, 0.3) is 11.6 Å². The quantitative estimate of drug-likeness (QED) is 0.315. The van der Waals surface area contributed by atoms with Gasteiger partial charge >= 0.3 is 0 Å². The van der Waals surface area contributed by atoms with Crippen molar-refractivity contribution in [3.8, 4) is 5.75 Å². The van der Waals surface area contributed by atoms with Crippen LogP contribution in [0.5, 0.6) is 5.75 Å². The molecule has 1 aliphatic rings. The van der Waals surface area contributed by atoms with Crippen LogP contribution in [-0.4, -0.2) is 32.6 Å². The lowest BCUT2D eigenvalue weighted by atomic mass is 10.1. The van der Waals surface area contributed by atoms with E-state index in [1.165, 1.54) is 12.1 Å². The lowest BCUT2D eigenvalue weighted by molar-refractivity contribution is -0.398. The number of benzene rings is 1. The summed E-state index contributed by atoms with van der Waals surface area (Å²) in [5, 5.41) is 33.2. The fourth-order valence-corrected chi connectivity index (χ4v) is 2.95. The van der Waals surface area contributed by atoms with Gasteiger partial charge in [0.2, 0.25) is 0 Å². The number of para-hydroxylation sites is 1. The maximum Gasteiger partial charge on any atom is 0.266 e. The molecule has 10 heteroatoms. The monoisotopic (exact) mass is 338 g/mol. The van der Waals surface area contributed by atoms with Crippen LogP contribution in [0, 0.1) is 10.1 Å². The highest BCUT2D eigenvalue weighted by Gasteiger charge is 2.32. The van der Waals surface area contributed by atoms with Crippen LogP contribution in [0.2, 0.25) is 0 Å². The molecule has 1 saturated heterocycles. The van der Waals surface area contributed by atoms with Gasteiger partial charge in [0.05, 0.1) is 22.3 Å². The minimum Gasteiger partial charge on any atom is -0.867 e. The molecule has 0 N–H and O–H groups in total. The molecule has 1 aliphatic heterocycles. The summed E-state index contributed by atoms with van der Waals surface area (Å²) in [5.74, 6) is -3.00. The number of nitro groups is 1. The molecule has 2 rings (SSSR count). The Balaban J connectivity index is 2.37. The van der Waals surface area contributed by atoms with E-state index in [0.717, 1.165) is 28.8 Å². The zero-order valence-electron chi connectivity index (χ0n) is 10.7. The maximum absolute atomic E-state index is 12.0. The summed E-state index contributed by atoms with van der Waals surface area (Å²) in [4.78, 5) is 33.3. The molecule has 1 aromatic carbocycles. The van der Waals surface area contributed by atoms with Crippen LogP contribution < -0.4 is 10.2 Å². The Hall–Kier alpha value is -2.46. The minimum absolute atomic E-state index is 0.0123. The number of nitro benzene ring substituents is 1. The Morgan fingerprint density at radius 2 is 2.14 bits per heavy atom. The molecule has 0 radical (unpaired) electrons. The van der Waals surface area contributed by atoms with Crippen LogP contribution in [0.25, 0.3) is 6.08 Å². The number of carboxylic acid groups (broad SMARTS) is 1. The first-order valence-electron chi connectivity index (χ1n) is 5.71. The zero-order valence-corrected chi connectivity index (χ0v) is 12.3. The summed E-state index contributed by atoms with van der Waals surface area (Å²) >= 11 is 5.69. The molecule has 0 unspecified atom stereocenters. The molecule has 1 heterocycles. The Labute approximate surface area is 133 Å². The number of aliphatic carboxylic acids is 1. The second kappa shape index (κ2) is 6.12. The lowest BCUT2D eigenvalue weighted by Gasteiger charge is -2.14. The predicted octanol–water partition coefficient (Wildman–Crippen LogP) is -0.381. The highest BCUT2D eigenvalue weighted by atomic mass is 32.2. The van der Waals surface area contributed by atoms with Gasteiger partial charge in [0, 0.05) is 6.07 Å². The first-order chi connectivity index (χ1) is 10.3. The van der Waals surface area contributed by atoms with E-state index >= 15 is 0 Å². The summed E-state index contributed by atoms with van der Waals surface area (Å²) in [6.45, 7) is -0.693. The van der Waals surface area contributed by atoms with Gasteiger partial charge in [-0.15, -0.1) is 0 Å². The van der Waals surface area contributed by atoms with E-state index in [2.05, 4.69) is 0 Å². The number of thioether (sulfide) groups is 1. The Morgan fingerprint density at radius 3 is 2.73 bits per heavy atom. The van der Waals surface area contributed by atoms with Crippen molar-refractivity contribution in [3.05, 3.63) is 38.8 Å². The van der Waals surface area contributed by atoms with E-state index < -0.39 is 34.8 Å². The molecule has 8 nitrogen and oxygen atoms in total. The fourth-order valence-electron chi connectivity index (χ4n) is 1.71. The average molecular weight is 338 g/mol. The molecule has 0 bridgehead atoms. The van der Waals surface area contributed by atoms with Crippen molar-refractivity contribution < 1.29 is 24.7 Å². The first-order valence-corrected chi connectivity index (χ1v) is 6.93. The normalized spacial score (nSPS) is 16.4. The number of rotatable bonds is 4. The smallest absolute Gasteiger partial charge is 0.266 e. The molecule has 0 aliphatic carbocycles. The highest BCUT2D eigenvalue weighted by Crippen LogP contribution is 2.35. The number of carboxylic acids is 1. The van der Waals surface area contributed by atoms with Gasteiger partial charge in [0.1, 0.15) is 4.32 Å². The summed E-state index contributed by atoms with van der Waals surface area (Å²) in [6, 6.07) is 3.69. The number of carbonyl (C=O) groups is 2. The molecular formula is C12H6N2O6S2-2. The lowest BCUT2D eigenvalue weighted by Crippen LogP contribution is -2.40. The summed E-state index contributed by atoms with van der Waals surface area (Å²) in [6.07, 6.45) is 1.16. The van der Waals surface area contributed by atoms with E-state index in [1.54, 1.807) is 0 Å². The topological polar surface area (TPSA) is 127 Å². The largest absolute Gasteiger partial charge is 0.867 e. The van der Waals surface area contributed by atoms with E-state index in [9.17, 15) is 29.9 Å². The standard InChI is InChI=1S/C12H8N2O6S2/c15-9(16)5-13-11(18)8(22-12(13)21)4-6-2-1-3-7(10(6)17)14(19)20/h1-4,17H,5H2,(H,15,16)/p-2/b8-4-. The van der Waals surface area contributed by atoms with Gasteiger partial charge in [-0.05, 0) is 17.4 Å². The predicted molar refractivity (Wildman–Crippen MR) is 77.4 cm³/mol. The summed E-state index contributed by atoms with van der Waals surface area (Å²) in [7, 11) is 0. The molecule has 114 valence electrons. The van der Waals surface area contributed by atoms with E-state index in [4.69, 9.17) is 12.2 Å². The number of hydrogen-bond acceptors (Lipinski definition) is 8. The Bertz CT molecular complexity index is 730. The third kappa shape index (κ3) is 3.07. The van der Waals surface area contributed by atoms with Crippen molar-refractivity contribution in [3.63, 3.8) is 0 Å². The fraction of sp³-hybridized carbons (Fsp3) is 0.0833. The second-order valence-corrected chi connectivity index (χ2v) is 5.77. The molecule has 0 saturated carbocycles. The summed E-state index contributed by atoms with van der Waals surface area (Å²) < 4.78 is 0.0123. The van der Waals surface area contributed by atoms with Crippen molar-refractivity contribution in [2.75, 3.05) is 6.54 Å². The van der Waals surface area contributed by atoms with Crippen LogP contribution in [0.3, 0.4) is 0 Å². The van der Waals surface area contributed by atoms with Crippen LogP contribution in [0.4, 0.5) is 5.69 Å². The minimum atomic E-state index is -1.47. The van der Waals surface area contributed by atoms with Gasteiger partial charge in [-0.2, -0.15) is 0 Å². The maximum atomic E-state index is 12.0. The van der Waals surface area contributed by atoms with E-state index in [1.807, 2.05) is 0 Å². The number of carbonyl (C=O) groups excluding carboxylic acids is 2. The third-order valence-electron chi connectivity index (χ3n) is 2.67. The number of hydrogen-bond donors (Lipinski definition) is 0. The Kier molecular flexibility index (Phi) is 4.43. The number of nitrogens with zero attached hydrogens (tertiary/aromatic N) is 2. The number of amides is 1. The van der Waals surface area contributed by atoms with Gasteiger partial charge < -0.3 is 15.0 Å². The second-order valence-electron chi connectivity index (χ2n) is 4.09. The molecule has 1 aromatic rings. The summed E-state index contributed by atoms with van der Waals surface area (Å²) in [5.41, 5.74) is -0.665.